The average molecular weight is 275 g/mol. The van der Waals surface area contributed by atoms with Gasteiger partial charge in [-0.25, -0.2) is 0 Å². The van der Waals surface area contributed by atoms with Crippen LogP contribution in [0.2, 0.25) is 0 Å². The monoisotopic (exact) mass is 275 g/mol. The Morgan fingerprint density at radius 1 is 1.40 bits per heavy atom. The molecule has 0 atom stereocenters. The van der Waals surface area contributed by atoms with E-state index in [1.165, 1.54) is 18.4 Å². The van der Waals surface area contributed by atoms with E-state index in [1.807, 2.05) is 13.0 Å². The van der Waals surface area contributed by atoms with Crippen molar-refractivity contribution in [3.63, 3.8) is 0 Å². The molecule has 0 aliphatic heterocycles. The highest BCUT2D eigenvalue weighted by atomic mass is 16.5. The van der Waals surface area contributed by atoms with Crippen LogP contribution in [0.3, 0.4) is 0 Å². The molecule has 20 heavy (non-hydrogen) atoms. The van der Waals surface area contributed by atoms with E-state index in [4.69, 9.17) is 9.47 Å². The van der Waals surface area contributed by atoms with Crippen LogP contribution in [-0.4, -0.2) is 32.9 Å². The van der Waals surface area contributed by atoms with E-state index in [-0.39, 0.29) is 0 Å². The van der Waals surface area contributed by atoms with E-state index in [0.29, 0.717) is 18.6 Å². The van der Waals surface area contributed by atoms with Gasteiger partial charge in [0, 0.05) is 12.6 Å². The molecule has 0 amide bonds. The van der Waals surface area contributed by atoms with Gasteiger partial charge in [-0.3, -0.25) is 0 Å². The summed E-state index contributed by atoms with van der Waals surface area (Å²) >= 11 is 0. The predicted molar refractivity (Wildman–Crippen MR) is 82.4 cm³/mol. The minimum atomic E-state index is 0.625. The third-order valence-corrected chi connectivity index (χ3v) is 3.73. The van der Waals surface area contributed by atoms with Crippen LogP contribution < -0.4 is 10.1 Å². The minimum Gasteiger partial charge on any atom is -0.497 e. The summed E-state index contributed by atoms with van der Waals surface area (Å²) in [4.78, 5) is 0. The molecule has 1 saturated carbocycles. The van der Waals surface area contributed by atoms with Crippen LogP contribution in [0.25, 0.3) is 0 Å². The molecule has 3 nitrogen and oxygen atoms in total. The molecule has 0 saturated heterocycles. The Morgan fingerprint density at radius 3 is 2.90 bits per heavy atom. The van der Waals surface area contributed by atoms with Gasteiger partial charge in [-0.2, -0.15) is 0 Å². The van der Waals surface area contributed by atoms with E-state index in [0.717, 1.165) is 24.5 Å². The first-order chi connectivity index (χ1) is 9.69. The van der Waals surface area contributed by atoms with Crippen molar-refractivity contribution in [2.24, 2.45) is 0 Å². The Hall–Kier alpha value is -1.32. The Kier molecular flexibility index (Phi) is 5.62. The van der Waals surface area contributed by atoms with Crippen molar-refractivity contribution >= 4 is 0 Å². The number of nitrogens with one attached hydrogen (secondary N) is 1. The zero-order valence-corrected chi connectivity index (χ0v) is 12.5. The minimum absolute atomic E-state index is 0.625. The maximum absolute atomic E-state index is 5.48. The first kappa shape index (κ1) is 15.1. The van der Waals surface area contributed by atoms with Gasteiger partial charge in [0.25, 0.3) is 0 Å². The second kappa shape index (κ2) is 7.46. The SMILES string of the molecule is C=C(C)COCCNC1CC(c2cccc(OC)c2)C1. The Balaban J connectivity index is 1.63. The molecule has 1 fully saturated rings. The van der Waals surface area contributed by atoms with E-state index in [1.54, 1.807) is 7.11 Å². The van der Waals surface area contributed by atoms with E-state index in [2.05, 4.69) is 30.1 Å². The van der Waals surface area contributed by atoms with Crippen LogP contribution in [0.1, 0.15) is 31.2 Å². The summed E-state index contributed by atoms with van der Waals surface area (Å²) in [6.07, 6.45) is 2.40. The fourth-order valence-corrected chi connectivity index (χ4v) is 2.53. The smallest absolute Gasteiger partial charge is 0.119 e. The number of methoxy groups -OCH3 is 1. The van der Waals surface area contributed by atoms with Gasteiger partial charge >= 0.3 is 0 Å². The second-order valence-corrected chi connectivity index (χ2v) is 5.61. The quantitative estimate of drug-likeness (QED) is 0.584. The van der Waals surface area contributed by atoms with E-state index in [9.17, 15) is 0 Å². The zero-order chi connectivity index (χ0) is 14.4. The summed E-state index contributed by atoms with van der Waals surface area (Å²) in [6.45, 7) is 8.14. The summed E-state index contributed by atoms with van der Waals surface area (Å²) in [5.74, 6) is 1.62. The number of ether oxygens (including phenoxy) is 2. The van der Waals surface area contributed by atoms with Gasteiger partial charge in [0.15, 0.2) is 0 Å². The van der Waals surface area contributed by atoms with Gasteiger partial charge < -0.3 is 14.8 Å². The van der Waals surface area contributed by atoms with Crippen molar-refractivity contribution < 1.29 is 9.47 Å². The summed E-state index contributed by atoms with van der Waals surface area (Å²) < 4.78 is 10.7. The molecule has 1 aliphatic carbocycles. The molecule has 3 heteroatoms. The van der Waals surface area contributed by atoms with Gasteiger partial charge in [-0.1, -0.05) is 24.3 Å². The molecule has 0 radical (unpaired) electrons. The average Bonchev–Trinajstić information content (AvgIpc) is 2.40. The van der Waals surface area contributed by atoms with Gasteiger partial charge in [0.2, 0.25) is 0 Å². The van der Waals surface area contributed by atoms with Crippen LogP contribution in [-0.2, 0) is 4.74 Å². The van der Waals surface area contributed by atoms with Gasteiger partial charge in [0.05, 0.1) is 20.3 Å². The van der Waals surface area contributed by atoms with Gasteiger partial charge in [0.1, 0.15) is 5.75 Å². The van der Waals surface area contributed by atoms with E-state index >= 15 is 0 Å². The normalized spacial score (nSPS) is 21.3. The van der Waals surface area contributed by atoms with Crippen LogP contribution in [0.15, 0.2) is 36.4 Å². The maximum Gasteiger partial charge on any atom is 0.119 e. The summed E-state index contributed by atoms with van der Waals surface area (Å²) in [5.41, 5.74) is 2.47. The lowest BCUT2D eigenvalue weighted by Gasteiger charge is -2.36. The fourth-order valence-electron chi connectivity index (χ4n) is 2.53. The lowest BCUT2D eigenvalue weighted by atomic mass is 9.76. The Bertz CT molecular complexity index is 438. The second-order valence-electron chi connectivity index (χ2n) is 5.61. The van der Waals surface area contributed by atoms with Crippen LogP contribution >= 0.6 is 0 Å². The van der Waals surface area contributed by atoms with Crippen LogP contribution in [0, 0.1) is 0 Å². The molecule has 0 spiro atoms. The molecule has 1 N–H and O–H groups in total. The van der Waals surface area contributed by atoms with Crippen LogP contribution in [0.5, 0.6) is 5.75 Å². The molecule has 0 aromatic heterocycles. The first-order valence-electron chi connectivity index (χ1n) is 7.28. The number of hydrogen-bond acceptors (Lipinski definition) is 3. The van der Waals surface area contributed by atoms with Crippen molar-refractivity contribution in [3.05, 3.63) is 42.0 Å². The molecule has 1 aromatic rings. The molecule has 0 bridgehead atoms. The zero-order valence-electron chi connectivity index (χ0n) is 12.5. The topological polar surface area (TPSA) is 30.5 Å². The first-order valence-corrected chi connectivity index (χ1v) is 7.28. The lowest BCUT2D eigenvalue weighted by Crippen LogP contribution is -2.41. The molecular formula is C17H25NO2. The Morgan fingerprint density at radius 2 is 2.20 bits per heavy atom. The van der Waals surface area contributed by atoms with Gasteiger partial charge in [-0.05, 0) is 43.4 Å². The molecule has 1 aliphatic rings. The van der Waals surface area contributed by atoms with Gasteiger partial charge in [-0.15, -0.1) is 0 Å². The standard InChI is InChI=1S/C17H25NO2/c1-13(2)12-20-8-7-18-16-9-15(10-16)14-5-4-6-17(11-14)19-3/h4-6,11,15-16,18H,1,7-10,12H2,2-3H3. The molecule has 1 aromatic carbocycles. The van der Waals surface area contributed by atoms with E-state index < -0.39 is 0 Å². The van der Waals surface area contributed by atoms with Crippen molar-refractivity contribution in [1.82, 2.24) is 5.32 Å². The Labute approximate surface area is 122 Å². The summed E-state index contributed by atoms with van der Waals surface area (Å²) in [6, 6.07) is 9.03. The molecule has 110 valence electrons. The number of hydrogen-bond donors (Lipinski definition) is 1. The third kappa shape index (κ3) is 4.36. The molecule has 0 heterocycles. The summed E-state index contributed by atoms with van der Waals surface area (Å²) in [5, 5.41) is 3.54. The fraction of sp³-hybridized carbons (Fsp3) is 0.529. The highest BCUT2D eigenvalue weighted by Gasteiger charge is 2.29. The van der Waals surface area contributed by atoms with Crippen molar-refractivity contribution in [1.29, 1.82) is 0 Å². The number of rotatable bonds is 8. The highest BCUT2D eigenvalue weighted by molar-refractivity contribution is 5.32. The lowest BCUT2D eigenvalue weighted by molar-refractivity contribution is 0.148. The molecular weight excluding hydrogens is 250 g/mol. The van der Waals surface area contributed by atoms with Crippen molar-refractivity contribution in [2.45, 2.75) is 31.7 Å². The van der Waals surface area contributed by atoms with Crippen molar-refractivity contribution in [2.75, 3.05) is 26.9 Å². The highest BCUT2D eigenvalue weighted by Crippen LogP contribution is 2.37. The molecule has 0 unspecified atom stereocenters. The van der Waals surface area contributed by atoms with Crippen LogP contribution in [0.4, 0.5) is 0 Å². The third-order valence-electron chi connectivity index (χ3n) is 3.73. The maximum atomic E-state index is 5.48. The summed E-state index contributed by atoms with van der Waals surface area (Å²) in [7, 11) is 1.72. The molecule has 2 rings (SSSR count). The van der Waals surface area contributed by atoms with Crippen molar-refractivity contribution in [3.8, 4) is 5.75 Å². The number of benzene rings is 1. The predicted octanol–water partition coefficient (Wildman–Crippen LogP) is 3.12. The largest absolute Gasteiger partial charge is 0.497 e.